The Bertz CT molecular complexity index is 752. The van der Waals surface area contributed by atoms with Crippen LogP contribution >= 0.6 is 43.2 Å². The Morgan fingerprint density at radius 3 is 1.46 bits per heavy atom. The fraction of sp³-hybridized carbons (Fsp3) is 0.921. The minimum atomic E-state index is -0.663. The maximum Gasteiger partial charge on any atom is 0.303 e. The molecule has 2 aliphatic heterocycles. The number of aliphatic carboxylic acids is 1. The Morgan fingerprint density at radius 2 is 1.23 bits per heavy atom. The largest absolute Gasteiger partial charge is 0.481 e. The van der Waals surface area contributed by atoms with Crippen LogP contribution in [-0.4, -0.2) is 78.9 Å². The third-order valence-electron chi connectivity index (χ3n) is 9.34. The predicted molar refractivity (Wildman–Crippen MR) is 220 cm³/mol. The molecule has 0 aliphatic carbocycles. The Balaban J connectivity index is -0.000000548. The van der Waals surface area contributed by atoms with Crippen LogP contribution in [0.3, 0.4) is 0 Å². The number of rotatable bonds is 16. The summed E-state index contributed by atoms with van der Waals surface area (Å²) in [5.41, 5.74) is 1.05. The fourth-order valence-electron chi connectivity index (χ4n) is 3.40. The molecule has 0 aromatic rings. The molecule has 0 saturated carbocycles. The van der Waals surface area contributed by atoms with E-state index in [9.17, 15) is 15.0 Å². The van der Waals surface area contributed by atoms with Gasteiger partial charge in [-0.3, -0.25) is 4.79 Å². The Morgan fingerprint density at radius 1 is 0.792 bits per heavy atom. The Kier molecular flexibility index (Phi) is 34.1. The maximum absolute atomic E-state index is 10.2. The van der Waals surface area contributed by atoms with Crippen molar-refractivity contribution < 1.29 is 30.3 Å². The highest BCUT2D eigenvalue weighted by atomic mass is 33.1. The van der Waals surface area contributed by atoms with Crippen LogP contribution in [0.25, 0.3) is 0 Å². The van der Waals surface area contributed by atoms with Gasteiger partial charge in [0.2, 0.25) is 0 Å². The summed E-state index contributed by atoms with van der Waals surface area (Å²) in [4.78, 5) is 10.2. The minimum absolute atomic E-state index is 0.0556. The minimum Gasteiger partial charge on any atom is -0.481 e. The summed E-state index contributed by atoms with van der Waals surface area (Å²) >= 11 is 0. The molecule has 0 spiro atoms. The van der Waals surface area contributed by atoms with Crippen molar-refractivity contribution in [3.63, 3.8) is 0 Å². The van der Waals surface area contributed by atoms with E-state index in [1.165, 1.54) is 43.6 Å². The van der Waals surface area contributed by atoms with Gasteiger partial charge < -0.3 is 25.5 Å². The maximum atomic E-state index is 10.2. The van der Waals surface area contributed by atoms with Crippen molar-refractivity contribution in [1.29, 1.82) is 0 Å². The van der Waals surface area contributed by atoms with Gasteiger partial charge in [-0.05, 0) is 81.0 Å². The third-order valence-corrected chi connectivity index (χ3v) is 15.4. The van der Waals surface area contributed by atoms with Gasteiger partial charge in [-0.15, -0.1) is 0 Å². The molecule has 2 aliphatic rings. The van der Waals surface area contributed by atoms with E-state index >= 15 is 0 Å². The number of carboxylic acid groups (broad SMARTS) is 1. The standard InChI is InChI=1S/C11H20OS2.C8H14O2S2.C8H18O.C7H16O.C4H10O/c1-9(2)11(12)6-4-3-5-10-7-8-13-14-10;9-8(10)4-2-1-3-7-5-6-11-12-7;1-6(2)8(4,5)7(3)9;1-6(2)7(3,4)5-8;1-4(2)3-5/h10-12H,1,3-8H2,2H3;7H,1-6H2,(H,9,10);6-7,9H,1-5H3;6,8H,5H2,1-4H3;4-5H,3H2,1-2H3. The van der Waals surface area contributed by atoms with Crippen molar-refractivity contribution in [3.05, 3.63) is 12.2 Å². The van der Waals surface area contributed by atoms with Crippen LogP contribution < -0.4 is 0 Å². The third kappa shape index (κ3) is 31.2. The van der Waals surface area contributed by atoms with Gasteiger partial charge in [0.05, 0.1) is 12.2 Å². The van der Waals surface area contributed by atoms with E-state index in [4.69, 9.17) is 15.3 Å². The number of hydrogen-bond donors (Lipinski definition) is 5. The molecule has 48 heavy (non-hydrogen) atoms. The first-order chi connectivity index (χ1) is 22.1. The summed E-state index contributed by atoms with van der Waals surface area (Å²) < 4.78 is 0. The molecule has 2 rings (SSSR count). The molecule has 2 heterocycles. The van der Waals surface area contributed by atoms with Gasteiger partial charge in [-0.2, -0.15) is 0 Å². The quantitative estimate of drug-likeness (QED) is 0.0591. The second-order valence-electron chi connectivity index (χ2n) is 15.5. The molecule has 10 heteroatoms. The monoisotopic (exact) mass is 758 g/mol. The number of aliphatic hydroxyl groups excluding tert-OH is 4. The first kappa shape index (κ1) is 52.8. The molecule has 0 amide bonds. The van der Waals surface area contributed by atoms with E-state index in [1.807, 2.05) is 70.9 Å². The summed E-state index contributed by atoms with van der Waals surface area (Å²) in [5.74, 6) is 3.47. The SMILES string of the molecule is C=C(C)C(O)CCCCC1CCSS1.CC(C)C(C)(C)C(C)O.CC(C)C(C)(C)CO.CC(C)CO.O=C(O)CCCCC1CCSS1. The van der Waals surface area contributed by atoms with Crippen LogP contribution in [0, 0.1) is 28.6 Å². The lowest BCUT2D eigenvalue weighted by Gasteiger charge is -2.32. The van der Waals surface area contributed by atoms with Gasteiger partial charge in [0.25, 0.3) is 0 Å². The summed E-state index contributed by atoms with van der Waals surface area (Å²) in [6.45, 7) is 28.8. The Hall–Kier alpha value is 0.450. The van der Waals surface area contributed by atoms with Crippen molar-refractivity contribution >= 4 is 49.1 Å². The van der Waals surface area contributed by atoms with Gasteiger partial charge >= 0.3 is 5.97 Å². The molecule has 4 atom stereocenters. The second-order valence-corrected chi connectivity index (χ2v) is 21.0. The van der Waals surface area contributed by atoms with Crippen LogP contribution in [0.15, 0.2) is 12.2 Å². The van der Waals surface area contributed by atoms with Crippen molar-refractivity contribution in [2.45, 2.75) is 170 Å². The van der Waals surface area contributed by atoms with Crippen LogP contribution in [0.5, 0.6) is 0 Å². The fourth-order valence-corrected chi connectivity index (χ4v) is 9.45. The van der Waals surface area contributed by atoms with Crippen molar-refractivity contribution in [3.8, 4) is 0 Å². The number of carbonyl (C=O) groups is 1. The van der Waals surface area contributed by atoms with E-state index in [2.05, 4.69) is 62.0 Å². The molecule has 4 unspecified atom stereocenters. The molecule has 0 aromatic heterocycles. The zero-order valence-electron chi connectivity index (χ0n) is 32.9. The zero-order chi connectivity index (χ0) is 37.9. The van der Waals surface area contributed by atoms with Crippen molar-refractivity contribution in [1.82, 2.24) is 0 Å². The molecule has 0 radical (unpaired) electrons. The number of unbranched alkanes of at least 4 members (excludes halogenated alkanes) is 2. The lowest BCUT2D eigenvalue weighted by atomic mass is 9.77. The molecule has 2 fully saturated rings. The van der Waals surface area contributed by atoms with Crippen LogP contribution in [0.1, 0.15) is 147 Å². The summed E-state index contributed by atoms with van der Waals surface area (Å²) in [6, 6.07) is 0. The predicted octanol–water partition coefficient (Wildman–Crippen LogP) is 10.8. The lowest BCUT2D eigenvalue weighted by molar-refractivity contribution is -0.137. The van der Waals surface area contributed by atoms with Gasteiger partial charge in [0, 0.05) is 41.6 Å². The van der Waals surface area contributed by atoms with Gasteiger partial charge in [0.15, 0.2) is 0 Å². The van der Waals surface area contributed by atoms with Gasteiger partial charge in [0.1, 0.15) is 0 Å². The average Bonchev–Trinajstić information content (AvgIpc) is 3.73. The summed E-state index contributed by atoms with van der Waals surface area (Å²) in [6.07, 6.45) is 10.2. The zero-order valence-corrected chi connectivity index (χ0v) is 36.2. The molecule has 0 bridgehead atoms. The molecule has 6 nitrogen and oxygen atoms in total. The van der Waals surface area contributed by atoms with Crippen molar-refractivity contribution in [2.24, 2.45) is 28.6 Å². The highest BCUT2D eigenvalue weighted by molar-refractivity contribution is 8.77. The molecule has 2 saturated heterocycles. The highest BCUT2D eigenvalue weighted by Crippen LogP contribution is 2.40. The van der Waals surface area contributed by atoms with Crippen LogP contribution in [0.2, 0.25) is 0 Å². The number of hydrogen-bond acceptors (Lipinski definition) is 9. The number of carboxylic acids is 1. The van der Waals surface area contributed by atoms with Crippen LogP contribution in [0.4, 0.5) is 0 Å². The lowest BCUT2D eigenvalue weighted by Crippen LogP contribution is -2.31. The smallest absolute Gasteiger partial charge is 0.303 e. The molecule has 290 valence electrons. The topological polar surface area (TPSA) is 118 Å². The molecular formula is C38H78O6S4. The Labute approximate surface area is 313 Å². The van der Waals surface area contributed by atoms with Crippen molar-refractivity contribution in [2.75, 3.05) is 24.7 Å². The van der Waals surface area contributed by atoms with E-state index < -0.39 is 5.97 Å². The first-order valence-corrected chi connectivity index (χ1v) is 22.9. The second kappa shape index (κ2) is 31.0. The van der Waals surface area contributed by atoms with E-state index in [-0.39, 0.29) is 29.6 Å². The van der Waals surface area contributed by atoms with Crippen LogP contribution in [-0.2, 0) is 4.79 Å². The normalized spacial score (nSPS) is 18.8. The van der Waals surface area contributed by atoms with E-state index in [0.29, 0.717) is 30.8 Å². The van der Waals surface area contributed by atoms with Gasteiger partial charge in [-0.1, -0.05) is 144 Å². The first-order valence-electron chi connectivity index (χ1n) is 18.2. The number of aliphatic hydroxyl groups is 4. The summed E-state index contributed by atoms with van der Waals surface area (Å²) in [7, 11) is 7.97. The highest BCUT2D eigenvalue weighted by Gasteiger charge is 2.27. The van der Waals surface area contributed by atoms with Gasteiger partial charge in [-0.25, -0.2) is 0 Å². The summed E-state index contributed by atoms with van der Waals surface area (Å²) in [5, 5.41) is 45.7. The molecular weight excluding hydrogens is 681 g/mol. The van der Waals surface area contributed by atoms with E-state index in [0.717, 1.165) is 41.8 Å². The average molecular weight is 759 g/mol. The molecule has 5 N–H and O–H groups in total. The molecule has 0 aromatic carbocycles. The van der Waals surface area contributed by atoms with E-state index in [1.54, 1.807) is 0 Å².